The highest BCUT2D eigenvalue weighted by atomic mass is 28.3. The second-order valence-corrected chi connectivity index (χ2v) is 20.7. The first-order chi connectivity index (χ1) is 21.8. The molecule has 4 heterocycles. The molecule has 10 nitrogen and oxygen atoms in total. The number of anilines is 1. The van der Waals surface area contributed by atoms with Crippen LogP contribution in [0.5, 0.6) is 0 Å². The molecule has 0 saturated carbocycles. The summed E-state index contributed by atoms with van der Waals surface area (Å²) in [6.07, 6.45) is 6.58. The summed E-state index contributed by atoms with van der Waals surface area (Å²) in [6.45, 7) is 16.2. The molecule has 1 atom stereocenters. The molecule has 0 bridgehead atoms. The number of carbonyl (C=O) groups excluding carboxylic acids is 1. The fourth-order valence-electron chi connectivity index (χ4n) is 6.77. The summed E-state index contributed by atoms with van der Waals surface area (Å²) in [5, 5.41) is 8.06. The first kappa shape index (κ1) is 32.6. The number of alkyl carbamates (subject to hydrolysis) is 1. The van der Waals surface area contributed by atoms with E-state index in [4.69, 9.17) is 29.3 Å². The lowest BCUT2D eigenvalue weighted by Gasteiger charge is -2.43. The predicted octanol–water partition coefficient (Wildman–Crippen LogP) is 6.49. The SMILES string of the molecule is CC(C)(C)OC(=O)N[C@@H]1c2cc(F)ccc2CC12CCN(c1cnc3c(C4=CCOCC4)nn(COCC[Si](C)(C)C)c3n1)CC2. The van der Waals surface area contributed by atoms with E-state index >= 15 is 0 Å². The highest BCUT2D eigenvalue weighted by Crippen LogP contribution is 2.52. The van der Waals surface area contributed by atoms with Gasteiger partial charge in [-0.3, -0.25) is 0 Å². The number of aromatic nitrogens is 4. The van der Waals surface area contributed by atoms with Crippen molar-refractivity contribution >= 4 is 36.7 Å². The number of amides is 1. The van der Waals surface area contributed by atoms with E-state index < -0.39 is 19.8 Å². The first-order valence-corrected chi connectivity index (χ1v) is 20.1. The van der Waals surface area contributed by atoms with Gasteiger partial charge in [0, 0.05) is 33.2 Å². The second-order valence-electron chi connectivity index (χ2n) is 15.1. The van der Waals surface area contributed by atoms with Gasteiger partial charge in [-0.2, -0.15) is 5.10 Å². The number of halogens is 1. The summed E-state index contributed by atoms with van der Waals surface area (Å²) in [5.74, 6) is 0.487. The van der Waals surface area contributed by atoms with Gasteiger partial charge in [0.15, 0.2) is 5.65 Å². The van der Waals surface area contributed by atoms with Crippen LogP contribution in [-0.4, -0.2) is 72.4 Å². The Kier molecular flexibility index (Phi) is 8.99. The monoisotopic (exact) mass is 650 g/mol. The molecule has 1 saturated heterocycles. The molecular weight excluding hydrogens is 603 g/mol. The van der Waals surface area contributed by atoms with Crippen molar-refractivity contribution in [3.8, 4) is 0 Å². The number of ether oxygens (including phenoxy) is 3. The number of rotatable bonds is 8. The van der Waals surface area contributed by atoms with Crippen molar-refractivity contribution in [2.45, 2.75) is 90.5 Å². The van der Waals surface area contributed by atoms with E-state index in [2.05, 4.69) is 35.9 Å². The van der Waals surface area contributed by atoms with Crippen molar-refractivity contribution in [3.05, 3.63) is 53.1 Å². The first-order valence-electron chi connectivity index (χ1n) is 16.4. The van der Waals surface area contributed by atoms with Gasteiger partial charge in [-0.1, -0.05) is 31.8 Å². The maximum Gasteiger partial charge on any atom is 0.408 e. The smallest absolute Gasteiger partial charge is 0.408 e. The van der Waals surface area contributed by atoms with E-state index in [1.807, 2.05) is 37.7 Å². The Hall–Kier alpha value is -3.35. The van der Waals surface area contributed by atoms with Crippen molar-refractivity contribution in [2.75, 3.05) is 37.8 Å². The Morgan fingerprint density at radius 2 is 2.00 bits per heavy atom. The van der Waals surface area contributed by atoms with Crippen LogP contribution in [-0.2, 0) is 27.4 Å². The number of nitrogens with one attached hydrogen (secondary N) is 1. The minimum Gasteiger partial charge on any atom is -0.444 e. The van der Waals surface area contributed by atoms with Crippen molar-refractivity contribution in [3.63, 3.8) is 0 Å². The van der Waals surface area contributed by atoms with Crippen LogP contribution in [0.1, 0.15) is 62.9 Å². The lowest BCUT2D eigenvalue weighted by atomic mass is 9.72. The Bertz CT molecular complexity index is 1620. The molecule has 1 amide bonds. The molecular formula is C34H47FN6O4Si. The summed E-state index contributed by atoms with van der Waals surface area (Å²) < 4.78 is 33.5. The number of nitrogens with zero attached hydrogens (tertiary/aromatic N) is 5. The minimum absolute atomic E-state index is 0.254. The third-order valence-corrected chi connectivity index (χ3v) is 10.9. The molecule has 1 spiro atoms. The van der Waals surface area contributed by atoms with Gasteiger partial charge in [0.05, 0.1) is 25.5 Å². The topological polar surface area (TPSA) is 104 Å². The molecule has 248 valence electrons. The summed E-state index contributed by atoms with van der Waals surface area (Å²) in [5.41, 5.74) is 4.48. The Morgan fingerprint density at radius 3 is 2.70 bits per heavy atom. The summed E-state index contributed by atoms with van der Waals surface area (Å²) in [4.78, 5) is 25.2. The molecule has 0 unspecified atom stereocenters. The van der Waals surface area contributed by atoms with E-state index in [9.17, 15) is 9.18 Å². The molecule has 2 aromatic heterocycles. The molecule has 1 aliphatic carbocycles. The average molecular weight is 651 g/mol. The highest BCUT2D eigenvalue weighted by molar-refractivity contribution is 6.76. The fraction of sp³-hybridized carbons (Fsp3) is 0.588. The normalized spacial score (nSPS) is 19.8. The number of benzene rings is 1. The van der Waals surface area contributed by atoms with E-state index in [0.29, 0.717) is 32.2 Å². The number of fused-ring (bicyclic) bond motifs is 2. The standard InChI is InChI=1S/C34H47FN6O4Si/c1-33(2,3)45-32(42)38-30-26-19-25(35)8-7-24(26)20-34(30)11-13-40(14-12-34)27-21-36-29-28(23-9-15-43-16-10-23)39-41(31(29)37-27)22-44-17-18-46(4,5)6/h7-9,19,21,30H,10-18,20,22H2,1-6H3,(H,38,42)/t30-/m1/s1. The van der Waals surface area contributed by atoms with Gasteiger partial charge in [0.25, 0.3) is 0 Å². The van der Waals surface area contributed by atoms with Gasteiger partial charge in [0.2, 0.25) is 0 Å². The molecule has 1 aromatic carbocycles. The number of carbonyl (C=O) groups is 1. The van der Waals surface area contributed by atoms with Crippen LogP contribution in [0, 0.1) is 11.2 Å². The van der Waals surface area contributed by atoms with E-state index in [-0.39, 0.29) is 17.3 Å². The molecule has 1 N–H and O–H groups in total. The van der Waals surface area contributed by atoms with E-state index in [0.717, 1.165) is 78.5 Å². The Morgan fingerprint density at radius 1 is 1.22 bits per heavy atom. The molecule has 6 rings (SSSR count). The van der Waals surface area contributed by atoms with Crippen LogP contribution in [0.3, 0.4) is 0 Å². The molecule has 2 aliphatic heterocycles. The maximum atomic E-state index is 14.4. The average Bonchev–Trinajstić information content (AvgIpc) is 3.49. The zero-order valence-electron chi connectivity index (χ0n) is 28.0. The largest absolute Gasteiger partial charge is 0.444 e. The van der Waals surface area contributed by atoms with Crippen LogP contribution < -0.4 is 10.2 Å². The van der Waals surface area contributed by atoms with E-state index in [1.165, 1.54) is 6.07 Å². The van der Waals surface area contributed by atoms with Gasteiger partial charge in [-0.25, -0.2) is 23.8 Å². The van der Waals surface area contributed by atoms with Gasteiger partial charge >= 0.3 is 6.09 Å². The summed E-state index contributed by atoms with van der Waals surface area (Å²) in [7, 11) is -1.23. The zero-order valence-corrected chi connectivity index (χ0v) is 29.0. The van der Waals surface area contributed by atoms with Crippen LogP contribution in [0.4, 0.5) is 15.0 Å². The second kappa shape index (κ2) is 12.7. The summed E-state index contributed by atoms with van der Waals surface area (Å²) >= 11 is 0. The van der Waals surface area contributed by atoms with Crippen LogP contribution in [0.2, 0.25) is 25.7 Å². The number of hydrogen-bond acceptors (Lipinski definition) is 8. The highest BCUT2D eigenvalue weighted by Gasteiger charge is 2.49. The molecule has 1 fully saturated rings. The van der Waals surface area contributed by atoms with Crippen molar-refractivity contribution < 1.29 is 23.4 Å². The predicted molar refractivity (Wildman–Crippen MR) is 179 cm³/mol. The molecule has 3 aliphatic rings. The van der Waals surface area contributed by atoms with Crippen LogP contribution >= 0.6 is 0 Å². The van der Waals surface area contributed by atoms with E-state index in [1.54, 1.807) is 6.07 Å². The quantitative estimate of drug-likeness (QED) is 0.218. The maximum absolute atomic E-state index is 14.4. The van der Waals surface area contributed by atoms with Gasteiger partial charge in [0.1, 0.15) is 35.2 Å². The fourth-order valence-corrected chi connectivity index (χ4v) is 7.53. The molecule has 0 radical (unpaired) electrons. The van der Waals surface area contributed by atoms with Crippen LogP contribution in [0.25, 0.3) is 16.7 Å². The van der Waals surface area contributed by atoms with Crippen LogP contribution in [0.15, 0.2) is 30.5 Å². The summed E-state index contributed by atoms with van der Waals surface area (Å²) in [6, 6.07) is 5.66. The zero-order chi connectivity index (χ0) is 32.7. The van der Waals surface area contributed by atoms with Crippen molar-refractivity contribution in [1.82, 2.24) is 25.1 Å². The number of piperidine rings is 1. The lowest BCUT2D eigenvalue weighted by molar-refractivity contribution is 0.0427. The molecule has 12 heteroatoms. The third kappa shape index (κ3) is 7.13. The lowest BCUT2D eigenvalue weighted by Crippen LogP contribution is -2.48. The van der Waals surface area contributed by atoms with Gasteiger partial charge in [-0.05, 0) is 81.3 Å². The number of hydrogen-bond donors (Lipinski definition) is 1. The van der Waals surface area contributed by atoms with Crippen molar-refractivity contribution in [1.29, 1.82) is 0 Å². The molecule has 3 aromatic rings. The van der Waals surface area contributed by atoms with Gasteiger partial charge in [-0.15, -0.1) is 0 Å². The molecule has 46 heavy (non-hydrogen) atoms. The Balaban J connectivity index is 1.24. The van der Waals surface area contributed by atoms with Crippen molar-refractivity contribution in [2.24, 2.45) is 5.41 Å². The third-order valence-electron chi connectivity index (χ3n) is 9.23. The minimum atomic E-state index is -1.23. The Labute approximate surface area is 271 Å². The van der Waals surface area contributed by atoms with Gasteiger partial charge < -0.3 is 24.4 Å².